The first-order chi connectivity index (χ1) is 19.2. The molecule has 0 amide bonds. The zero-order chi connectivity index (χ0) is 26.8. The number of hydrogen-bond acceptors (Lipinski definition) is 6. The molecule has 0 radical (unpaired) electrons. The molecule has 1 fully saturated rings. The lowest BCUT2D eigenvalue weighted by molar-refractivity contribution is 0.111. The Bertz CT molecular complexity index is 1750. The molecule has 0 aliphatic carbocycles. The van der Waals surface area contributed by atoms with Gasteiger partial charge in [0.05, 0.1) is 33.5 Å². The van der Waals surface area contributed by atoms with E-state index in [2.05, 4.69) is 37.7 Å². The number of aldehydes is 2. The van der Waals surface area contributed by atoms with Crippen molar-refractivity contribution in [3.05, 3.63) is 98.5 Å². The van der Waals surface area contributed by atoms with E-state index in [1.54, 1.807) is 22.7 Å². The average Bonchev–Trinajstić information content (AvgIpc) is 3.78. The second-order valence-electron chi connectivity index (χ2n) is 9.08. The Morgan fingerprint density at radius 1 is 0.718 bits per heavy atom. The lowest BCUT2D eigenvalue weighted by Gasteiger charge is -2.30. The monoisotopic (exact) mass is 572 g/mol. The van der Waals surface area contributed by atoms with Crippen LogP contribution >= 0.6 is 34.3 Å². The van der Waals surface area contributed by atoms with E-state index in [9.17, 15) is 9.59 Å². The van der Waals surface area contributed by atoms with Gasteiger partial charge in [0.15, 0.2) is 12.6 Å². The molecule has 1 saturated heterocycles. The van der Waals surface area contributed by atoms with Crippen LogP contribution in [0, 0.1) is 0 Å². The van der Waals surface area contributed by atoms with Gasteiger partial charge >= 0.3 is 0 Å². The van der Waals surface area contributed by atoms with Gasteiger partial charge < -0.3 is 10.2 Å². The first-order valence-corrected chi connectivity index (χ1v) is 14.8. The molecule has 0 bridgehead atoms. The Hall–Kier alpha value is -3.69. The molecule has 0 unspecified atom stereocenters. The first kappa shape index (κ1) is 25.6. The normalized spacial score (nSPS) is 13.4. The number of benzene rings is 2. The number of aromatic nitrogens is 2. The van der Waals surface area contributed by atoms with E-state index in [4.69, 9.17) is 11.6 Å². The van der Waals surface area contributed by atoms with Crippen LogP contribution in [0.4, 0.5) is 5.82 Å². The molecule has 1 N–H and O–H groups in total. The van der Waals surface area contributed by atoms with E-state index in [0.29, 0.717) is 10.7 Å². The highest BCUT2D eigenvalue weighted by molar-refractivity contribution is 7.08. The lowest BCUT2D eigenvalue weighted by atomic mass is 10.2. The van der Waals surface area contributed by atoms with Gasteiger partial charge in [-0.15, -0.1) is 0 Å². The van der Waals surface area contributed by atoms with Gasteiger partial charge in [0.1, 0.15) is 11.0 Å². The number of nitrogens with zero attached hydrogens (tertiary/aromatic N) is 3. The summed E-state index contributed by atoms with van der Waals surface area (Å²) in [4.78, 5) is 25.3. The van der Waals surface area contributed by atoms with Gasteiger partial charge in [-0.3, -0.25) is 18.7 Å². The quantitative estimate of drug-likeness (QED) is 0.224. The Labute approximate surface area is 238 Å². The number of rotatable bonds is 5. The molecule has 4 aromatic heterocycles. The van der Waals surface area contributed by atoms with E-state index < -0.39 is 0 Å². The molecule has 39 heavy (non-hydrogen) atoms. The van der Waals surface area contributed by atoms with Crippen LogP contribution < -0.4 is 10.2 Å². The van der Waals surface area contributed by atoms with Crippen LogP contribution in [0.1, 0.15) is 20.7 Å². The highest BCUT2D eigenvalue weighted by Crippen LogP contribution is 2.36. The van der Waals surface area contributed by atoms with Gasteiger partial charge in [-0.1, -0.05) is 48.0 Å². The number of thiophene rings is 2. The zero-order valence-electron chi connectivity index (χ0n) is 20.9. The van der Waals surface area contributed by atoms with Crippen LogP contribution in [-0.4, -0.2) is 47.9 Å². The number of carbonyl (C=O) groups excluding carboxylic acids is 2. The van der Waals surface area contributed by atoms with Crippen LogP contribution in [0.2, 0.25) is 5.15 Å². The standard InChI is InChI=1S/C17H17N3OS.C13H8ClNOS/c21-11-15-14-3-1-2-4-16(14)20(13-5-10-22-12-13)17(15)19-8-6-18-7-9-19;14-13-11(7-16)10-3-1-2-4-12(10)15(13)9-5-6-17-8-9/h1-5,10-12,18H,6-9H2;1-8H. The van der Waals surface area contributed by atoms with Gasteiger partial charge in [-0.05, 0) is 35.0 Å². The number of carbonyl (C=O) groups is 2. The minimum absolute atomic E-state index is 0.472. The van der Waals surface area contributed by atoms with Crippen molar-refractivity contribution in [2.45, 2.75) is 0 Å². The van der Waals surface area contributed by atoms with E-state index in [1.165, 1.54) is 0 Å². The highest BCUT2D eigenvalue weighted by atomic mass is 35.5. The Morgan fingerprint density at radius 3 is 1.82 bits per heavy atom. The summed E-state index contributed by atoms with van der Waals surface area (Å²) in [7, 11) is 0. The minimum Gasteiger partial charge on any atom is -0.355 e. The number of halogens is 1. The Balaban J connectivity index is 0.000000147. The Morgan fingerprint density at radius 2 is 1.26 bits per heavy atom. The van der Waals surface area contributed by atoms with Crippen molar-refractivity contribution < 1.29 is 9.59 Å². The van der Waals surface area contributed by atoms with Crippen molar-refractivity contribution >= 4 is 74.5 Å². The van der Waals surface area contributed by atoms with Gasteiger partial charge in [-0.2, -0.15) is 22.7 Å². The van der Waals surface area contributed by atoms with Crippen LogP contribution in [-0.2, 0) is 0 Å². The number of para-hydroxylation sites is 2. The van der Waals surface area contributed by atoms with Crippen LogP contribution in [0.3, 0.4) is 0 Å². The topological polar surface area (TPSA) is 59.3 Å². The predicted molar refractivity (Wildman–Crippen MR) is 163 cm³/mol. The molecule has 0 atom stereocenters. The first-order valence-electron chi connectivity index (χ1n) is 12.6. The number of anilines is 1. The number of piperazine rings is 1. The van der Waals surface area contributed by atoms with Crippen molar-refractivity contribution in [3.63, 3.8) is 0 Å². The zero-order valence-corrected chi connectivity index (χ0v) is 23.3. The van der Waals surface area contributed by atoms with Gasteiger partial charge in [0, 0.05) is 47.7 Å². The van der Waals surface area contributed by atoms with E-state index >= 15 is 0 Å². The lowest BCUT2D eigenvalue weighted by Crippen LogP contribution is -2.44. The largest absolute Gasteiger partial charge is 0.355 e. The molecular weight excluding hydrogens is 548 g/mol. The summed E-state index contributed by atoms with van der Waals surface area (Å²) >= 11 is 9.56. The van der Waals surface area contributed by atoms with Crippen molar-refractivity contribution in [2.24, 2.45) is 0 Å². The molecule has 6 nitrogen and oxygen atoms in total. The average molecular weight is 573 g/mol. The fraction of sp³-hybridized carbons (Fsp3) is 0.133. The maximum atomic E-state index is 11.8. The van der Waals surface area contributed by atoms with Crippen LogP contribution in [0.25, 0.3) is 33.2 Å². The minimum atomic E-state index is 0.472. The third kappa shape index (κ3) is 4.59. The fourth-order valence-electron chi connectivity index (χ4n) is 5.18. The van der Waals surface area contributed by atoms with Crippen LogP contribution in [0.5, 0.6) is 0 Å². The molecule has 1 aliphatic rings. The van der Waals surface area contributed by atoms with Gasteiger partial charge in [0.2, 0.25) is 0 Å². The highest BCUT2D eigenvalue weighted by Gasteiger charge is 2.24. The second kappa shape index (κ2) is 11.2. The SMILES string of the molecule is O=Cc1c(Cl)n(-c2ccsc2)c2ccccc12.O=Cc1c(N2CCNCC2)n(-c2ccsc2)c2ccccc12. The maximum Gasteiger partial charge on any atom is 0.154 e. The predicted octanol–water partition coefficient (Wildman–Crippen LogP) is 7.07. The van der Waals surface area contributed by atoms with Crippen molar-refractivity contribution in [1.29, 1.82) is 0 Å². The second-order valence-corrected chi connectivity index (χ2v) is 11.0. The molecule has 0 saturated carbocycles. The summed E-state index contributed by atoms with van der Waals surface area (Å²) in [5.41, 5.74) is 5.51. The van der Waals surface area contributed by atoms with Crippen LogP contribution in [0.15, 0.2) is 82.2 Å². The third-order valence-corrected chi connectivity index (χ3v) is 8.64. The van der Waals surface area contributed by atoms with E-state index in [-0.39, 0.29) is 0 Å². The van der Waals surface area contributed by atoms with Crippen molar-refractivity contribution in [3.8, 4) is 11.4 Å². The summed E-state index contributed by atoms with van der Waals surface area (Å²) in [6.45, 7) is 3.73. The molecule has 1 aliphatic heterocycles. The molecule has 2 aromatic carbocycles. The van der Waals surface area contributed by atoms with Gasteiger partial charge in [-0.25, -0.2) is 0 Å². The van der Waals surface area contributed by atoms with Crippen molar-refractivity contribution in [1.82, 2.24) is 14.5 Å². The maximum absolute atomic E-state index is 11.8. The summed E-state index contributed by atoms with van der Waals surface area (Å²) in [5, 5.41) is 14.0. The molecule has 9 heteroatoms. The van der Waals surface area contributed by atoms with Gasteiger partial charge in [0.25, 0.3) is 0 Å². The third-order valence-electron chi connectivity index (χ3n) is 6.92. The van der Waals surface area contributed by atoms with E-state index in [0.717, 1.165) is 83.3 Å². The number of fused-ring (bicyclic) bond motifs is 2. The molecule has 7 rings (SSSR count). The number of hydrogen-bond donors (Lipinski definition) is 1. The summed E-state index contributed by atoms with van der Waals surface area (Å²) in [6.07, 6.45) is 1.82. The fourth-order valence-corrected chi connectivity index (χ4v) is 6.76. The molecule has 0 spiro atoms. The molecule has 5 heterocycles. The summed E-state index contributed by atoms with van der Waals surface area (Å²) in [6, 6.07) is 20.0. The Kier molecular flexibility index (Phi) is 7.34. The smallest absolute Gasteiger partial charge is 0.154 e. The van der Waals surface area contributed by atoms with Crippen molar-refractivity contribution in [2.75, 3.05) is 31.1 Å². The number of nitrogens with one attached hydrogen (secondary N) is 1. The summed E-state index contributed by atoms with van der Waals surface area (Å²) < 4.78 is 4.12. The molecular formula is C30H25ClN4O2S2. The van der Waals surface area contributed by atoms with E-state index in [1.807, 2.05) is 63.9 Å². The summed E-state index contributed by atoms with van der Waals surface area (Å²) in [5.74, 6) is 1.02. The molecule has 6 aromatic rings. The molecule has 196 valence electrons.